The maximum absolute atomic E-state index is 11.5. The first-order valence-electron chi connectivity index (χ1n) is 6.75. The molecule has 23 heavy (non-hydrogen) atoms. The molecule has 0 spiro atoms. The van der Waals surface area contributed by atoms with Gasteiger partial charge in [0, 0.05) is 18.1 Å². The van der Waals surface area contributed by atoms with Gasteiger partial charge in [0.1, 0.15) is 12.4 Å². The van der Waals surface area contributed by atoms with E-state index in [2.05, 4.69) is 0 Å². The van der Waals surface area contributed by atoms with Gasteiger partial charge in [-0.1, -0.05) is 13.8 Å². The van der Waals surface area contributed by atoms with Crippen LogP contribution in [0.1, 0.15) is 19.4 Å². The number of carbonyl (C=O) groups excluding carboxylic acids is 1. The Kier molecular flexibility index (Phi) is 5.07. The molecule has 7 nitrogen and oxygen atoms in total. The Bertz CT molecular complexity index is 774. The van der Waals surface area contributed by atoms with Gasteiger partial charge in [-0.05, 0) is 29.0 Å². The van der Waals surface area contributed by atoms with Crippen molar-refractivity contribution in [1.82, 2.24) is 0 Å². The van der Waals surface area contributed by atoms with Crippen LogP contribution in [-0.4, -0.2) is 20.6 Å². The van der Waals surface area contributed by atoms with Crippen molar-refractivity contribution in [2.24, 2.45) is 5.92 Å². The predicted octanol–water partition coefficient (Wildman–Crippen LogP) is 3.72. The summed E-state index contributed by atoms with van der Waals surface area (Å²) in [6, 6.07) is 5.66. The number of nitrogens with zero attached hydrogens (tertiary/aromatic N) is 1. The maximum atomic E-state index is 11.5. The highest BCUT2D eigenvalue weighted by Crippen LogP contribution is 2.34. The van der Waals surface area contributed by atoms with E-state index in [1.54, 1.807) is 13.8 Å². The zero-order valence-corrected chi connectivity index (χ0v) is 13.3. The van der Waals surface area contributed by atoms with Gasteiger partial charge in [0.2, 0.25) is 0 Å². The zero-order valence-electron chi connectivity index (χ0n) is 12.5. The van der Waals surface area contributed by atoms with Crippen molar-refractivity contribution in [3.05, 3.63) is 39.9 Å². The zero-order chi connectivity index (χ0) is 17.1. The lowest BCUT2D eigenvalue weighted by Crippen LogP contribution is -2.12. The van der Waals surface area contributed by atoms with Gasteiger partial charge in [0.25, 0.3) is 5.69 Å². The van der Waals surface area contributed by atoms with Crippen molar-refractivity contribution in [2.75, 3.05) is 0 Å². The largest absolute Gasteiger partial charge is 0.507 e. The third-order valence-electron chi connectivity index (χ3n) is 3.25. The number of nitro benzene ring substituents is 1. The lowest BCUT2D eigenvalue weighted by Gasteiger charge is -2.10. The molecule has 2 aromatic rings. The Hall–Kier alpha value is -2.32. The van der Waals surface area contributed by atoms with Crippen LogP contribution in [0.25, 0.3) is 10.8 Å². The predicted molar refractivity (Wildman–Crippen MR) is 85.4 cm³/mol. The molecule has 0 aromatic heterocycles. The number of hydrogen-bond acceptors (Lipinski definition) is 7. The molecule has 0 heterocycles. The minimum absolute atomic E-state index is 0.135. The van der Waals surface area contributed by atoms with Gasteiger partial charge in [-0.2, -0.15) is 0 Å². The van der Waals surface area contributed by atoms with Crippen molar-refractivity contribution in [3.8, 4) is 5.75 Å². The topological polar surface area (TPSA) is 110 Å². The molecule has 8 heteroatoms. The first-order chi connectivity index (χ1) is 10.8. The van der Waals surface area contributed by atoms with E-state index in [0.29, 0.717) is 22.8 Å². The highest BCUT2D eigenvalue weighted by Gasteiger charge is 2.19. The quantitative estimate of drug-likeness (QED) is 0.370. The number of benzene rings is 2. The second-order valence-corrected chi connectivity index (χ2v) is 5.88. The van der Waals surface area contributed by atoms with Crippen LogP contribution in [0.3, 0.4) is 0 Å². The van der Waals surface area contributed by atoms with Crippen molar-refractivity contribution >= 4 is 34.5 Å². The van der Waals surface area contributed by atoms with Gasteiger partial charge in [-0.3, -0.25) is 14.9 Å². The van der Waals surface area contributed by atoms with Crippen LogP contribution in [0.5, 0.6) is 5.75 Å². The van der Waals surface area contributed by atoms with Gasteiger partial charge in [-0.25, -0.2) is 0 Å². The van der Waals surface area contributed by atoms with Crippen molar-refractivity contribution in [1.29, 1.82) is 0 Å². The highest BCUT2D eigenvalue weighted by atomic mass is 32.2. The second kappa shape index (κ2) is 6.84. The van der Waals surface area contributed by atoms with E-state index in [-0.39, 0.29) is 34.4 Å². The summed E-state index contributed by atoms with van der Waals surface area (Å²) in [6.07, 6.45) is 0. The first-order valence-corrected chi connectivity index (χ1v) is 7.53. The lowest BCUT2D eigenvalue weighted by molar-refractivity contribution is -0.385. The van der Waals surface area contributed by atoms with E-state index < -0.39 is 10.9 Å². The smallest absolute Gasteiger partial charge is 0.308 e. The van der Waals surface area contributed by atoms with Crippen molar-refractivity contribution in [3.63, 3.8) is 0 Å². The molecule has 0 saturated carbocycles. The molecule has 0 amide bonds. The number of aromatic hydroxyl groups is 1. The summed E-state index contributed by atoms with van der Waals surface area (Å²) >= 11 is 0.357. The number of rotatable bonds is 5. The Morgan fingerprint density at radius 2 is 1.96 bits per heavy atom. The fourth-order valence-electron chi connectivity index (χ4n) is 2.03. The van der Waals surface area contributed by atoms with Gasteiger partial charge in [-0.15, -0.1) is 0 Å². The molecule has 0 radical (unpaired) electrons. The van der Waals surface area contributed by atoms with Crippen LogP contribution >= 0.6 is 12.0 Å². The lowest BCUT2D eigenvalue weighted by atomic mass is 10.0. The minimum Gasteiger partial charge on any atom is -0.507 e. The average Bonchev–Trinajstić information content (AvgIpc) is 2.50. The Morgan fingerprint density at radius 1 is 1.30 bits per heavy atom. The molecule has 0 aliphatic carbocycles. The molecule has 0 fully saturated rings. The Balaban J connectivity index is 2.48. The first kappa shape index (κ1) is 17.0. The van der Waals surface area contributed by atoms with Crippen LogP contribution in [0, 0.1) is 16.0 Å². The highest BCUT2D eigenvalue weighted by molar-refractivity contribution is 7.93. The van der Waals surface area contributed by atoms with Crippen molar-refractivity contribution < 1.29 is 24.1 Å². The number of phenols is 1. The Morgan fingerprint density at radius 3 is 2.52 bits per heavy atom. The minimum atomic E-state index is -0.559. The van der Waals surface area contributed by atoms with Crippen LogP contribution in [0.2, 0.25) is 0 Å². The summed E-state index contributed by atoms with van der Waals surface area (Å²) in [7, 11) is 0. The fourth-order valence-corrected chi connectivity index (χ4v) is 2.36. The number of hydrogen-bond donors (Lipinski definition) is 2. The molecule has 2 N–H and O–H groups in total. The third-order valence-corrected chi connectivity index (χ3v) is 3.78. The number of ether oxygens (including phenoxy) is 1. The van der Waals surface area contributed by atoms with E-state index in [4.69, 9.17) is 9.29 Å². The van der Waals surface area contributed by atoms with Crippen LogP contribution < -0.4 is 0 Å². The van der Waals surface area contributed by atoms with Crippen LogP contribution in [0.15, 0.2) is 29.2 Å². The van der Waals surface area contributed by atoms with Crippen LogP contribution in [-0.2, 0) is 16.1 Å². The molecular formula is C15H15NO6S. The van der Waals surface area contributed by atoms with E-state index in [1.807, 2.05) is 0 Å². The van der Waals surface area contributed by atoms with Crippen molar-refractivity contribution in [2.45, 2.75) is 25.3 Å². The van der Waals surface area contributed by atoms with E-state index in [9.17, 15) is 20.0 Å². The summed E-state index contributed by atoms with van der Waals surface area (Å²) in [6.45, 7) is 3.12. The molecule has 0 aliphatic rings. The molecule has 0 saturated heterocycles. The molecule has 122 valence electrons. The summed E-state index contributed by atoms with van der Waals surface area (Å²) in [5, 5.41) is 22.0. The standard InChI is InChI=1S/C15H15NO6S/c1-8(2)15(18)22-7-11-3-9-5-13(17)14(23-21)6-10(9)4-12(11)16(19)20/h3-6,8,17,21H,7H2,1-2H3. The fraction of sp³-hybridized carbons (Fsp3) is 0.267. The summed E-state index contributed by atoms with van der Waals surface area (Å²) in [5.41, 5.74) is 0.0499. The van der Waals surface area contributed by atoms with E-state index >= 15 is 0 Å². The van der Waals surface area contributed by atoms with E-state index in [1.165, 1.54) is 24.3 Å². The molecule has 0 unspecified atom stereocenters. The average molecular weight is 337 g/mol. The molecule has 2 rings (SSSR count). The molecule has 2 aromatic carbocycles. The number of fused-ring (bicyclic) bond motifs is 1. The Labute approximate surface area is 136 Å². The normalized spacial score (nSPS) is 11.0. The summed E-state index contributed by atoms with van der Waals surface area (Å²) in [5.74, 6) is -0.916. The number of nitro groups is 1. The molecular weight excluding hydrogens is 322 g/mol. The maximum Gasteiger partial charge on any atom is 0.308 e. The monoisotopic (exact) mass is 337 g/mol. The SMILES string of the molecule is CC(C)C(=O)OCc1cc2cc(O)c(SO)cc2cc1[N+](=O)[O-]. The number of phenolic OH excluding ortho intramolecular Hbond substituents is 1. The van der Waals surface area contributed by atoms with Gasteiger partial charge >= 0.3 is 5.97 Å². The van der Waals surface area contributed by atoms with Gasteiger partial charge in [0.05, 0.1) is 21.3 Å². The molecule has 0 aliphatic heterocycles. The second-order valence-electron chi connectivity index (χ2n) is 5.26. The molecule has 0 bridgehead atoms. The van der Waals surface area contributed by atoms with Crippen LogP contribution in [0.4, 0.5) is 5.69 Å². The summed E-state index contributed by atoms with van der Waals surface area (Å²) < 4.78 is 14.1. The van der Waals surface area contributed by atoms with E-state index in [0.717, 1.165) is 0 Å². The number of esters is 1. The summed E-state index contributed by atoms with van der Waals surface area (Å²) in [4.78, 5) is 22.4. The third kappa shape index (κ3) is 3.72. The molecule has 0 atom stereocenters. The number of carbonyl (C=O) groups is 1. The van der Waals surface area contributed by atoms with Gasteiger partial charge in [0.15, 0.2) is 0 Å². The van der Waals surface area contributed by atoms with Gasteiger partial charge < -0.3 is 14.4 Å².